The molecule has 3 nitrogen and oxygen atoms in total. The van der Waals surface area contributed by atoms with Crippen molar-refractivity contribution in [1.82, 2.24) is 13.7 Å². The Morgan fingerprint density at radius 3 is 0.705 bits per heavy atom. The zero-order chi connectivity index (χ0) is 81.5. The summed E-state index contributed by atoms with van der Waals surface area (Å²) in [5.41, 5.74) is 28.8. The number of benzene rings is 21. The van der Waals surface area contributed by atoms with Crippen LogP contribution >= 0.6 is 0 Å². The van der Waals surface area contributed by atoms with E-state index in [4.69, 9.17) is 0 Å². The maximum Gasteiger partial charge on any atom is 0.0541 e. The number of hydrogen-bond donors (Lipinski definition) is 0. The average Bonchev–Trinajstić information content (AvgIpc) is 1.58. The lowest BCUT2D eigenvalue weighted by atomic mass is 9.78. The number of nitrogens with zero attached hydrogens (tertiary/aromatic N) is 3. The fourth-order valence-corrected chi connectivity index (χ4v) is 20.0. The number of aryl methyl sites for hydroxylation is 1. The fourth-order valence-electron chi connectivity index (χ4n) is 20.0. The minimum atomic E-state index is -0.0790. The lowest BCUT2D eigenvalue weighted by Crippen LogP contribution is -2.14. The van der Waals surface area contributed by atoms with Crippen molar-refractivity contribution in [1.29, 1.82) is 0 Å². The first kappa shape index (κ1) is 73.0. The lowest BCUT2D eigenvalue weighted by molar-refractivity contribution is 0.592. The molecule has 24 rings (SSSR count). The molecule has 3 aromatic heterocycles. The summed E-state index contributed by atoms with van der Waals surface area (Å²) in [5, 5.41) is 23.1. The zero-order valence-electron chi connectivity index (χ0n) is 68.5. The molecule has 0 radical (unpaired) electrons. The smallest absolute Gasteiger partial charge is 0.0541 e. The third kappa shape index (κ3) is 12.3. The van der Waals surface area contributed by atoms with Crippen molar-refractivity contribution in [2.24, 2.45) is 0 Å². The monoisotopic (exact) mass is 1560 g/mol. The standard InChI is InChI=1S/C42H33N.C39H27N.C38H25N/c1-42(2,3)37-27-29(43-38-23-13-11-17-30(38)31-18-12-14-24-39(31)43)25-26-36(37)41-34-21-9-7-19-32(34)40(28-15-5-4-6-16-28)33-20-8-10-22-35(33)41;1-26-25-28(23-24-35(26)40-36-21-11-9-15-29(36)30-16-10-12-22-37(30)40)39-33-19-7-5-17-31(33)38(27-13-3-2-4-14-27)32-18-6-8-20-34(32)39;1-2-13-26(14-3-1)37-31-19-4-6-21-33(31)38(34-22-7-5-20-32(34)37)27-15-12-16-28(25-27)39-35-23-10-8-17-29(35)30-18-9-11-24-36(30)39/h4-27H,1-3H3;2-25H,1H3;1-25H. The molecule has 0 fully saturated rings. The van der Waals surface area contributed by atoms with Gasteiger partial charge >= 0.3 is 0 Å². The molecule has 24 aromatic rings. The SMILES string of the molecule is CC(C)(C)c1cc(-n2c3ccccc3c3ccccc32)ccc1-c1c2ccccc2c(-c2ccccc2)c2ccccc12.Cc1cc(-c2c3ccccc3c(-c3ccccc3)c3ccccc23)ccc1-n1c2ccccc2c2ccccc21.c1ccc(-c2c3ccccc3c(-c3cccc(-n4c5ccccc5c5ccccc54)c3)c3ccccc23)cc1. The Labute approximate surface area is 709 Å². The van der Waals surface area contributed by atoms with Crippen LogP contribution in [0.2, 0.25) is 0 Å². The van der Waals surface area contributed by atoms with Crippen LogP contribution in [0.25, 0.3) is 214 Å². The molecule has 0 aliphatic carbocycles. The highest BCUT2D eigenvalue weighted by atomic mass is 15.0. The zero-order valence-corrected chi connectivity index (χ0v) is 68.5. The lowest BCUT2D eigenvalue weighted by Gasteiger charge is -2.27. The maximum absolute atomic E-state index is 2.43. The third-order valence-electron chi connectivity index (χ3n) is 25.2. The van der Waals surface area contributed by atoms with Gasteiger partial charge in [-0.05, 0) is 228 Å². The van der Waals surface area contributed by atoms with E-state index in [2.05, 4.69) is 484 Å². The van der Waals surface area contributed by atoms with Gasteiger partial charge < -0.3 is 13.7 Å². The van der Waals surface area contributed by atoms with E-state index >= 15 is 0 Å². The van der Waals surface area contributed by atoms with Gasteiger partial charge in [-0.2, -0.15) is 0 Å². The summed E-state index contributed by atoms with van der Waals surface area (Å²) < 4.78 is 7.24. The van der Waals surface area contributed by atoms with E-state index in [0.717, 1.165) is 0 Å². The molecule has 0 spiro atoms. The summed E-state index contributed by atoms with van der Waals surface area (Å²) in [4.78, 5) is 0. The second-order valence-electron chi connectivity index (χ2n) is 33.3. The highest BCUT2D eigenvalue weighted by Gasteiger charge is 2.27. The largest absolute Gasteiger partial charge is 0.309 e. The summed E-state index contributed by atoms with van der Waals surface area (Å²) in [6.07, 6.45) is 0. The Hall–Kier alpha value is -15.4. The Kier molecular flexibility index (Phi) is 18.1. The predicted octanol–water partition coefficient (Wildman–Crippen LogP) is 32.9. The molecule has 0 N–H and O–H groups in total. The molecule has 21 aromatic carbocycles. The summed E-state index contributed by atoms with van der Waals surface area (Å²) in [6, 6.07) is 161. The van der Waals surface area contributed by atoms with Crippen molar-refractivity contribution in [3.63, 3.8) is 0 Å². The highest BCUT2D eigenvalue weighted by Crippen LogP contribution is 2.51. The van der Waals surface area contributed by atoms with Crippen molar-refractivity contribution in [2.75, 3.05) is 0 Å². The molecule has 0 unspecified atom stereocenters. The van der Waals surface area contributed by atoms with Crippen LogP contribution in [0.3, 0.4) is 0 Å². The van der Waals surface area contributed by atoms with Gasteiger partial charge in [0.15, 0.2) is 0 Å². The molecule has 0 atom stereocenters. The van der Waals surface area contributed by atoms with Crippen LogP contribution in [0.4, 0.5) is 0 Å². The minimum Gasteiger partial charge on any atom is -0.309 e. The van der Waals surface area contributed by atoms with Crippen LogP contribution < -0.4 is 0 Å². The van der Waals surface area contributed by atoms with Crippen LogP contribution in [0.5, 0.6) is 0 Å². The van der Waals surface area contributed by atoms with Crippen LogP contribution in [0, 0.1) is 6.92 Å². The number of hydrogen-bond acceptors (Lipinski definition) is 0. The summed E-state index contributed by atoms with van der Waals surface area (Å²) in [5.74, 6) is 0. The average molecular weight is 1560 g/mol. The Morgan fingerprint density at radius 2 is 0.410 bits per heavy atom. The maximum atomic E-state index is 2.43. The summed E-state index contributed by atoms with van der Waals surface area (Å²) >= 11 is 0. The number of fused-ring (bicyclic) bond motifs is 15. The van der Waals surface area contributed by atoms with Crippen molar-refractivity contribution in [3.05, 3.63) is 454 Å². The number of aromatic nitrogens is 3. The molecule has 3 heteroatoms. The molecular formula is C119H85N3. The first-order chi connectivity index (χ1) is 60.2. The second-order valence-corrected chi connectivity index (χ2v) is 33.3. The molecule has 122 heavy (non-hydrogen) atoms. The van der Waals surface area contributed by atoms with E-state index in [1.165, 1.54) is 225 Å². The number of rotatable bonds is 9. The molecule has 0 saturated heterocycles. The van der Waals surface area contributed by atoms with Crippen LogP contribution in [0.15, 0.2) is 443 Å². The van der Waals surface area contributed by atoms with Gasteiger partial charge in [-0.15, -0.1) is 0 Å². The van der Waals surface area contributed by atoms with E-state index in [-0.39, 0.29) is 5.41 Å². The molecule has 0 saturated carbocycles. The van der Waals surface area contributed by atoms with Crippen molar-refractivity contribution in [3.8, 4) is 83.8 Å². The van der Waals surface area contributed by atoms with Gasteiger partial charge in [0, 0.05) is 49.4 Å². The van der Waals surface area contributed by atoms with Gasteiger partial charge in [0.25, 0.3) is 0 Å². The van der Waals surface area contributed by atoms with Crippen molar-refractivity contribution in [2.45, 2.75) is 33.1 Å². The van der Waals surface area contributed by atoms with Gasteiger partial charge in [-0.1, -0.05) is 391 Å². The van der Waals surface area contributed by atoms with Gasteiger partial charge in [0.2, 0.25) is 0 Å². The topological polar surface area (TPSA) is 14.8 Å². The molecule has 0 amide bonds. The van der Waals surface area contributed by atoms with E-state index in [1.54, 1.807) is 0 Å². The molecule has 576 valence electrons. The van der Waals surface area contributed by atoms with Crippen molar-refractivity contribution < 1.29 is 0 Å². The highest BCUT2D eigenvalue weighted by molar-refractivity contribution is 6.25. The number of para-hydroxylation sites is 6. The quantitative estimate of drug-likeness (QED) is 0.128. The Balaban J connectivity index is 0.000000109. The first-order valence-electron chi connectivity index (χ1n) is 42.5. The van der Waals surface area contributed by atoms with Crippen LogP contribution in [0.1, 0.15) is 31.9 Å². The van der Waals surface area contributed by atoms with Crippen LogP contribution in [-0.4, -0.2) is 13.7 Å². The predicted molar refractivity (Wildman–Crippen MR) is 523 cm³/mol. The fraction of sp³-hybridized carbons (Fsp3) is 0.0420. The van der Waals surface area contributed by atoms with Gasteiger partial charge in [-0.25, -0.2) is 0 Å². The summed E-state index contributed by atoms with van der Waals surface area (Å²) in [7, 11) is 0. The second kappa shape index (κ2) is 30.2. The van der Waals surface area contributed by atoms with E-state index < -0.39 is 0 Å². The van der Waals surface area contributed by atoms with Crippen LogP contribution in [-0.2, 0) is 5.41 Å². The van der Waals surface area contributed by atoms with E-state index in [9.17, 15) is 0 Å². The molecule has 0 bridgehead atoms. The van der Waals surface area contributed by atoms with Gasteiger partial charge in [-0.3, -0.25) is 0 Å². The molecule has 0 aliphatic heterocycles. The normalized spacial score (nSPS) is 11.8. The van der Waals surface area contributed by atoms with Crippen molar-refractivity contribution >= 4 is 130 Å². The van der Waals surface area contributed by atoms with E-state index in [1.807, 2.05) is 0 Å². The Bertz CT molecular complexity index is 7900. The third-order valence-corrected chi connectivity index (χ3v) is 25.2. The molecular weight excluding hydrogens is 1470 g/mol. The molecule has 0 aliphatic rings. The minimum absolute atomic E-state index is 0.0790. The van der Waals surface area contributed by atoms with Gasteiger partial charge in [0.1, 0.15) is 0 Å². The first-order valence-corrected chi connectivity index (χ1v) is 42.5. The van der Waals surface area contributed by atoms with Gasteiger partial charge in [0.05, 0.1) is 33.1 Å². The Morgan fingerprint density at radius 1 is 0.172 bits per heavy atom. The molecule has 3 heterocycles. The summed E-state index contributed by atoms with van der Waals surface area (Å²) in [6.45, 7) is 9.25. The van der Waals surface area contributed by atoms with E-state index in [0.29, 0.717) is 0 Å².